The van der Waals surface area contributed by atoms with Crippen molar-refractivity contribution in [2.45, 2.75) is 24.6 Å². The van der Waals surface area contributed by atoms with E-state index < -0.39 is 0 Å². The molecular formula is C8H13NS. The number of fused-ring (bicyclic) bond motifs is 1. The lowest BCUT2D eigenvalue weighted by atomic mass is 9.99. The van der Waals surface area contributed by atoms with Gasteiger partial charge >= 0.3 is 0 Å². The second-order valence-electron chi connectivity index (χ2n) is 3.26. The van der Waals surface area contributed by atoms with Crippen molar-refractivity contribution >= 4 is 11.8 Å². The summed E-state index contributed by atoms with van der Waals surface area (Å²) in [5.74, 6) is 2.16. The van der Waals surface area contributed by atoms with Gasteiger partial charge in [-0.25, -0.2) is 0 Å². The minimum Gasteiger partial charge on any atom is -0.385 e. The molecule has 1 N–H and O–H groups in total. The van der Waals surface area contributed by atoms with Crippen LogP contribution < -0.4 is 5.32 Å². The molecule has 0 spiro atoms. The number of hydrogen-bond donors (Lipinski definition) is 1. The highest BCUT2D eigenvalue weighted by atomic mass is 32.2. The van der Waals surface area contributed by atoms with Crippen molar-refractivity contribution < 1.29 is 0 Å². The SMILES string of the molecule is C=C1C[C@H]2[C@H](CS[C@H]2C)N1. The van der Waals surface area contributed by atoms with Crippen molar-refractivity contribution in [3.63, 3.8) is 0 Å². The van der Waals surface area contributed by atoms with Crippen LogP contribution in [0.25, 0.3) is 0 Å². The lowest BCUT2D eigenvalue weighted by Gasteiger charge is -2.09. The molecule has 0 bridgehead atoms. The Hall–Kier alpha value is -0.110. The molecule has 0 aromatic rings. The molecule has 1 nitrogen and oxygen atoms in total. The molecule has 0 amide bonds. The quantitative estimate of drug-likeness (QED) is 0.570. The highest BCUT2D eigenvalue weighted by Gasteiger charge is 2.38. The molecule has 0 aliphatic carbocycles. The van der Waals surface area contributed by atoms with Crippen molar-refractivity contribution in [1.29, 1.82) is 0 Å². The van der Waals surface area contributed by atoms with Gasteiger partial charge in [0.25, 0.3) is 0 Å². The fourth-order valence-corrected chi connectivity index (χ4v) is 3.27. The van der Waals surface area contributed by atoms with Crippen molar-refractivity contribution in [3.8, 4) is 0 Å². The number of thioether (sulfide) groups is 1. The summed E-state index contributed by atoms with van der Waals surface area (Å²) in [6.07, 6.45) is 1.21. The fraction of sp³-hybridized carbons (Fsp3) is 0.750. The average Bonchev–Trinajstić information content (AvgIpc) is 2.35. The Kier molecular flexibility index (Phi) is 1.44. The summed E-state index contributed by atoms with van der Waals surface area (Å²) < 4.78 is 0. The van der Waals surface area contributed by atoms with Crippen LogP contribution in [0, 0.1) is 5.92 Å². The summed E-state index contributed by atoms with van der Waals surface area (Å²) in [4.78, 5) is 0. The van der Waals surface area contributed by atoms with Gasteiger partial charge in [-0.15, -0.1) is 0 Å². The third kappa shape index (κ3) is 0.858. The number of allylic oxidation sites excluding steroid dienone is 1. The van der Waals surface area contributed by atoms with Gasteiger partial charge in [-0.1, -0.05) is 13.5 Å². The second kappa shape index (κ2) is 2.19. The first-order valence-corrected chi connectivity index (χ1v) is 4.88. The normalized spacial score (nSPS) is 45.3. The third-order valence-corrected chi connectivity index (χ3v) is 3.96. The third-order valence-electron chi connectivity index (χ3n) is 2.53. The van der Waals surface area contributed by atoms with Crippen LogP contribution in [0.4, 0.5) is 0 Å². The van der Waals surface area contributed by atoms with E-state index in [0.29, 0.717) is 0 Å². The first-order valence-electron chi connectivity index (χ1n) is 3.83. The highest BCUT2D eigenvalue weighted by Crippen LogP contribution is 2.39. The van der Waals surface area contributed by atoms with E-state index in [0.717, 1.165) is 17.2 Å². The minimum absolute atomic E-state index is 0.743. The molecule has 0 unspecified atom stereocenters. The second-order valence-corrected chi connectivity index (χ2v) is 4.67. The molecule has 0 aromatic heterocycles. The van der Waals surface area contributed by atoms with Crippen LogP contribution in [0.5, 0.6) is 0 Å². The summed E-state index contributed by atoms with van der Waals surface area (Å²) in [7, 11) is 0. The van der Waals surface area contributed by atoms with E-state index in [1.54, 1.807) is 0 Å². The molecular weight excluding hydrogens is 142 g/mol. The summed E-state index contributed by atoms with van der Waals surface area (Å²) in [6, 6.07) is 0.743. The molecule has 10 heavy (non-hydrogen) atoms. The molecule has 0 radical (unpaired) electrons. The summed E-state index contributed by atoms with van der Waals surface area (Å²) in [6.45, 7) is 6.28. The molecule has 0 aromatic carbocycles. The van der Waals surface area contributed by atoms with Crippen LogP contribution in [0.15, 0.2) is 12.3 Å². The Balaban J connectivity index is 2.12. The molecule has 0 saturated carbocycles. The molecule has 2 rings (SSSR count). The standard InChI is InChI=1S/C8H13NS/c1-5-3-7-6(2)10-4-8(7)9-5/h6-9H,1,3-4H2,2H3/t6-,7+,8-/m0/s1. The number of rotatable bonds is 0. The molecule has 2 fully saturated rings. The van der Waals surface area contributed by atoms with E-state index in [2.05, 4.69) is 30.6 Å². The van der Waals surface area contributed by atoms with E-state index in [9.17, 15) is 0 Å². The average molecular weight is 155 g/mol. The molecule has 3 atom stereocenters. The van der Waals surface area contributed by atoms with E-state index in [4.69, 9.17) is 0 Å². The van der Waals surface area contributed by atoms with Crippen molar-refractivity contribution in [2.24, 2.45) is 5.92 Å². The van der Waals surface area contributed by atoms with Crippen molar-refractivity contribution in [2.75, 3.05) is 5.75 Å². The van der Waals surface area contributed by atoms with E-state index in [1.165, 1.54) is 17.9 Å². The van der Waals surface area contributed by atoms with Crippen LogP contribution in [0.2, 0.25) is 0 Å². The maximum atomic E-state index is 3.95. The Bertz CT molecular complexity index is 167. The lowest BCUT2D eigenvalue weighted by Crippen LogP contribution is -2.25. The van der Waals surface area contributed by atoms with Crippen molar-refractivity contribution in [3.05, 3.63) is 12.3 Å². The van der Waals surface area contributed by atoms with Gasteiger partial charge in [0.05, 0.1) is 0 Å². The van der Waals surface area contributed by atoms with Gasteiger partial charge in [0, 0.05) is 22.7 Å². The molecule has 2 heteroatoms. The van der Waals surface area contributed by atoms with Crippen LogP contribution in [-0.2, 0) is 0 Å². The largest absolute Gasteiger partial charge is 0.385 e. The Morgan fingerprint density at radius 2 is 2.50 bits per heavy atom. The first-order chi connectivity index (χ1) is 4.77. The van der Waals surface area contributed by atoms with E-state index >= 15 is 0 Å². The van der Waals surface area contributed by atoms with Crippen LogP contribution in [-0.4, -0.2) is 17.0 Å². The number of hydrogen-bond acceptors (Lipinski definition) is 2. The first kappa shape index (κ1) is 6.59. The van der Waals surface area contributed by atoms with Crippen LogP contribution in [0.1, 0.15) is 13.3 Å². The summed E-state index contributed by atoms with van der Waals surface area (Å²) in [5, 5.41) is 4.28. The molecule has 2 aliphatic rings. The van der Waals surface area contributed by atoms with Crippen LogP contribution in [0.3, 0.4) is 0 Å². The summed E-state index contributed by atoms with van der Waals surface area (Å²) in [5.41, 5.74) is 1.25. The zero-order valence-electron chi connectivity index (χ0n) is 6.26. The zero-order valence-corrected chi connectivity index (χ0v) is 7.08. The van der Waals surface area contributed by atoms with E-state index in [-0.39, 0.29) is 0 Å². The topological polar surface area (TPSA) is 12.0 Å². The van der Waals surface area contributed by atoms with Gasteiger partial charge in [-0.3, -0.25) is 0 Å². The molecule has 56 valence electrons. The minimum atomic E-state index is 0.743. The zero-order chi connectivity index (χ0) is 7.14. The van der Waals surface area contributed by atoms with Crippen LogP contribution >= 0.6 is 11.8 Å². The number of nitrogens with one attached hydrogen (secondary N) is 1. The fourth-order valence-electron chi connectivity index (χ4n) is 1.89. The van der Waals surface area contributed by atoms with Gasteiger partial charge in [0.1, 0.15) is 0 Å². The van der Waals surface area contributed by atoms with E-state index in [1.807, 2.05) is 0 Å². The van der Waals surface area contributed by atoms with Crippen molar-refractivity contribution in [1.82, 2.24) is 5.32 Å². The highest BCUT2D eigenvalue weighted by molar-refractivity contribution is 8.00. The van der Waals surface area contributed by atoms with Gasteiger partial charge < -0.3 is 5.32 Å². The van der Waals surface area contributed by atoms with Gasteiger partial charge in [-0.2, -0.15) is 11.8 Å². The maximum Gasteiger partial charge on any atom is 0.0391 e. The predicted molar refractivity (Wildman–Crippen MR) is 46.1 cm³/mol. The van der Waals surface area contributed by atoms with Gasteiger partial charge in [0.15, 0.2) is 0 Å². The Morgan fingerprint density at radius 1 is 1.70 bits per heavy atom. The smallest absolute Gasteiger partial charge is 0.0391 e. The maximum absolute atomic E-state index is 3.95. The molecule has 2 saturated heterocycles. The Labute approximate surface area is 66.3 Å². The van der Waals surface area contributed by atoms with Gasteiger partial charge in [0.2, 0.25) is 0 Å². The molecule has 2 heterocycles. The molecule has 2 aliphatic heterocycles. The predicted octanol–water partition coefficient (Wildman–Crippen LogP) is 1.61. The monoisotopic (exact) mass is 155 g/mol. The Morgan fingerprint density at radius 3 is 3.20 bits per heavy atom. The lowest BCUT2D eigenvalue weighted by molar-refractivity contribution is 0.504. The van der Waals surface area contributed by atoms with Gasteiger partial charge in [-0.05, 0) is 12.3 Å². The summed E-state index contributed by atoms with van der Waals surface area (Å²) >= 11 is 2.09.